The fraction of sp³-hybridized carbons (Fsp3) is 0.400. The molecule has 0 spiro atoms. The summed E-state index contributed by atoms with van der Waals surface area (Å²) in [5, 5.41) is 1.17. The van der Waals surface area contributed by atoms with Crippen LogP contribution in [0.3, 0.4) is 0 Å². The lowest BCUT2D eigenvalue weighted by molar-refractivity contribution is -0.0213. The molecule has 1 aromatic heterocycles. The molecule has 4 heteroatoms. The van der Waals surface area contributed by atoms with E-state index in [2.05, 4.69) is 55.1 Å². The van der Waals surface area contributed by atoms with Crippen LogP contribution in [-0.2, 0) is 11.2 Å². The SMILES string of the molecule is Cc1cc(C)c2cccnc2c1O[C@H]1c2ccccc2CC[C@@H]1N1CCOCC1. The molecule has 29 heavy (non-hydrogen) atoms. The van der Waals surface area contributed by atoms with Crippen LogP contribution in [0.15, 0.2) is 48.7 Å². The van der Waals surface area contributed by atoms with Gasteiger partial charge in [-0.25, -0.2) is 0 Å². The number of hydrogen-bond acceptors (Lipinski definition) is 4. The maximum Gasteiger partial charge on any atom is 0.149 e. The molecule has 150 valence electrons. The standard InChI is InChI=1S/C25H28N2O2/c1-17-16-18(2)24(23-20(17)8-5-11-26-23)29-25-21-7-4-3-6-19(21)9-10-22(25)27-12-14-28-15-13-27/h3-8,11,16,22,25H,9-10,12-15H2,1-2H3/t22-,25-/m0/s1. The van der Waals surface area contributed by atoms with E-state index in [1.807, 2.05) is 12.3 Å². The number of aromatic nitrogens is 1. The van der Waals surface area contributed by atoms with Gasteiger partial charge in [-0.2, -0.15) is 0 Å². The van der Waals surface area contributed by atoms with Gasteiger partial charge in [-0.3, -0.25) is 9.88 Å². The summed E-state index contributed by atoms with van der Waals surface area (Å²) in [6.07, 6.45) is 4.08. The molecular weight excluding hydrogens is 360 g/mol. The van der Waals surface area contributed by atoms with Gasteiger partial charge in [0.1, 0.15) is 17.4 Å². The van der Waals surface area contributed by atoms with E-state index in [1.165, 1.54) is 22.1 Å². The van der Waals surface area contributed by atoms with E-state index in [0.717, 1.165) is 56.0 Å². The van der Waals surface area contributed by atoms with E-state index >= 15 is 0 Å². The van der Waals surface area contributed by atoms with E-state index in [-0.39, 0.29) is 6.10 Å². The normalized spacial score (nSPS) is 22.4. The molecule has 1 aliphatic heterocycles. The van der Waals surface area contributed by atoms with Crippen molar-refractivity contribution in [2.24, 2.45) is 0 Å². The lowest BCUT2D eigenvalue weighted by atomic mass is 9.84. The lowest BCUT2D eigenvalue weighted by Crippen LogP contribution is -2.49. The van der Waals surface area contributed by atoms with Gasteiger partial charge in [0.05, 0.1) is 19.3 Å². The second-order valence-corrected chi connectivity index (χ2v) is 8.23. The number of pyridine rings is 1. The molecule has 2 atom stereocenters. The Kier molecular flexibility index (Phi) is 4.98. The second-order valence-electron chi connectivity index (χ2n) is 8.23. The van der Waals surface area contributed by atoms with Gasteiger partial charge in [0.2, 0.25) is 0 Å². The van der Waals surface area contributed by atoms with Gasteiger partial charge in [-0.05, 0) is 55.0 Å². The third-order valence-corrected chi connectivity index (χ3v) is 6.42. The van der Waals surface area contributed by atoms with Gasteiger partial charge < -0.3 is 9.47 Å². The minimum atomic E-state index is 0.00432. The average molecular weight is 389 g/mol. The molecule has 2 heterocycles. The first-order valence-electron chi connectivity index (χ1n) is 10.6. The Labute approximate surface area is 172 Å². The number of hydrogen-bond donors (Lipinski definition) is 0. The van der Waals surface area contributed by atoms with Gasteiger partial charge in [0, 0.05) is 24.7 Å². The van der Waals surface area contributed by atoms with Crippen LogP contribution in [0.5, 0.6) is 5.75 Å². The molecule has 0 unspecified atom stereocenters. The molecule has 1 saturated heterocycles. The van der Waals surface area contributed by atoms with Crippen molar-refractivity contribution in [3.05, 3.63) is 70.9 Å². The maximum atomic E-state index is 6.90. The topological polar surface area (TPSA) is 34.6 Å². The Hall–Kier alpha value is -2.43. The summed E-state index contributed by atoms with van der Waals surface area (Å²) >= 11 is 0. The first-order valence-corrected chi connectivity index (χ1v) is 10.6. The van der Waals surface area contributed by atoms with E-state index in [0.29, 0.717) is 6.04 Å². The molecule has 0 saturated carbocycles. The zero-order valence-electron chi connectivity index (χ0n) is 17.2. The average Bonchev–Trinajstić information content (AvgIpc) is 2.77. The maximum absolute atomic E-state index is 6.90. The third kappa shape index (κ3) is 3.41. The molecule has 3 aromatic rings. The minimum Gasteiger partial charge on any atom is -0.482 e. The number of ether oxygens (including phenoxy) is 2. The predicted molar refractivity (Wildman–Crippen MR) is 116 cm³/mol. The highest BCUT2D eigenvalue weighted by atomic mass is 16.5. The summed E-state index contributed by atoms with van der Waals surface area (Å²) in [7, 11) is 0. The number of rotatable bonds is 3. The first kappa shape index (κ1) is 18.6. The molecule has 2 aliphatic rings. The van der Waals surface area contributed by atoms with Crippen molar-refractivity contribution in [2.75, 3.05) is 26.3 Å². The van der Waals surface area contributed by atoms with Crippen molar-refractivity contribution in [1.82, 2.24) is 9.88 Å². The van der Waals surface area contributed by atoms with Crippen LogP contribution in [0, 0.1) is 13.8 Å². The van der Waals surface area contributed by atoms with Gasteiger partial charge >= 0.3 is 0 Å². The van der Waals surface area contributed by atoms with Crippen molar-refractivity contribution in [3.8, 4) is 5.75 Å². The highest BCUT2D eigenvalue weighted by Gasteiger charge is 2.36. The molecule has 5 rings (SSSR count). The Morgan fingerprint density at radius 2 is 1.86 bits per heavy atom. The highest BCUT2D eigenvalue weighted by Crippen LogP contribution is 2.40. The summed E-state index contributed by atoms with van der Waals surface area (Å²) in [6.45, 7) is 7.83. The Balaban J connectivity index is 1.59. The van der Waals surface area contributed by atoms with Crippen LogP contribution in [0.25, 0.3) is 10.9 Å². The van der Waals surface area contributed by atoms with Crippen molar-refractivity contribution in [2.45, 2.75) is 38.8 Å². The highest BCUT2D eigenvalue weighted by molar-refractivity contribution is 5.88. The molecule has 0 bridgehead atoms. The molecule has 1 fully saturated rings. The Morgan fingerprint density at radius 1 is 1.03 bits per heavy atom. The fourth-order valence-electron chi connectivity index (χ4n) is 4.96. The smallest absolute Gasteiger partial charge is 0.149 e. The molecule has 4 nitrogen and oxygen atoms in total. The number of fused-ring (bicyclic) bond motifs is 2. The van der Waals surface area contributed by atoms with Crippen molar-refractivity contribution < 1.29 is 9.47 Å². The number of aryl methyl sites for hydroxylation is 3. The molecule has 0 N–H and O–H groups in total. The largest absolute Gasteiger partial charge is 0.482 e. The third-order valence-electron chi connectivity index (χ3n) is 6.42. The summed E-state index contributed by atoms with van der Waals surface area (Å²) in [6, 6.07) is 15.5. The lowest BCUT2D eigenvalue weighted by Gasteiger charge is -2.42. The first-order chi connectivity index (χ1) is 14.2. The summed E-state index contributed by atoms with van der Waals surface area (Å²) in [5.41, 5.74) is 6.08. The van der Waals surface area contributed by atoms with Crippen LogP contribution in [0.4, 0.5) is 0 Å². The van der Waals surface area contributed by atoms with E-state index < -0.39 is 0 Å². The predicted octanol–water partition coefficient (Wildman–Crippen LogP) is 4.62. The quantitative estimate of drug-likeness (QED) is 0.656. The van der Waals surface area contributed by atoms with E-state index in [9.17, 15) is 0 Å². The minimum absolute atomic E-state index is 0.00432. The zero-order valence-corrected chi connectivity index (χ0v) is 17.2. The number of benzene rings is 2. The van der Waals surface area contributed by atoms with Crippen LogP contribution in [0.1, 0.15) is 34.8 Å². The number of nitrogens with zero attached hydrogens (tertiary/aromatic N) is 2. The molecule has 1 aliphatic carbocycles. The molecule has 2 aromatic carbocycles. The van der Waals surface area contributed by atoms with Crippen LogP contribution in [0.2, 0.25) is 0 Å². The van der Waals surface area contributed by atoms with Gasteiger partial charge in [0.25, 0.3) is 0 Å². The van der Waals surface area contributed by atoms with Crippen molar-refractivity contribution >= 4 is 10.9 Å². The van der Waals surface area contributed by atoms with E-state index in [1.54, 1.807) is 0 Å². The van der Waals surface area contributed by atoms with Gasteiger partial charge in [-0.15, -0.1) is 0 Å². The fourth-order valence-corrected chi connectivity index (χ4v) is 4.96. The monoisotopic (exact) mass is 388 g/mol. The summed E-state index contributed by atoms with van der Waals surface area (Å²) < 4.78 is 12.5. The molecular formula is C25H28N2O2. The summed E-state index contributed by atoms with van der Waals surface area (Å²) in [5.74, 6) is 0.922. The van der Waals surface area contributed by atoms with Crippen molar-refractivity contribution in [3.63, 3.8) is 0 Å². The zero-order chi connectivity index (χ0) is 19.8. The van der Waals surface area contributed by atoms with E-state index in [4.69, 9.17) is 14.5 Å². The molecule has 0 radical (unpaired) electrons. The molecule has 0 amide bonds. The van der Waals surface area contributed by atoms with Crippen LogP contribution < -0.4 is 4.74 Å². The Bertz CT molecular complexity index is 1030. The number of morpholine rings is 1. The van der Waals surface area contributed by atoms with Gasteiger partial charge in [-0.1, -0.05) is 36.4 Å². The van der Waals surface area contributed by atoms with Crippen LogP contribution in [-0.4, -0.2) is 42.2 Å². The Morgan fingerprint density at radius 3 is 2.72 bits per heavy atom. The van der Waals surface area contributed by atoms with Crippen molar-refractivity contribution in [1.29, 1.82) is 0 Å². The second kappa shape index (κ2) is 7.77. The van der Waals surface area contributed by atoms with Gasteiger partial charge in [0.15, 0.2) is 0 Å². The van der Waals surface area contributed by atoms with Crippen LogP contribution >= 0.6 is 0 Å². The summed E-state index contributed by atoms with van der Waals surface area (Å²) in [4.78, 5) is 7.26.